The summed E-state index contributed by atoms with van der Waals surface area (Å²) >= 11 is 1.54. The van der Waals surface area contributed by atoms with Gasteiger partial charge in [0.2, 0.25) is 0 Å². The molecule has 0 aliphatic carbocycles. The van der Waals surface area contributed by atoms with Gasteiger partial charge in [-0.2, -0.15) is 5.10 Å². The first-order chi connectivity index (χ1) is 10.1. The van der Waals surface area contributed by atoms with E-state index in [1.807, 2.05) is 18.4 Å². The summed E-state index contributed by atoms with van der Waals surface area (Å²) in [6, 6.07) is 5.46. The fourth-order valence-electron chi connectivity index (χ4n) is 2.32. The van der Waals surface area contributed by atoms with Crippen LogP contribution in [0.1, 0.15) is 12.5 Å². The third-order valence-electron chi connectivity index (χ3n) is 3.35. The minimum absolute atomic E-state index is 0.200. The zero-order chi connectivity index (χ0) is 15.0. The number of benzene rings is 1. The first-order valence-electron chi connectivity index (χ1n) is 6.47. The van der Waals surface area contributed by atoms with E-state index in [-0.39, 0.29) is 11.4 Å². The normalized spacial score (nSPS) is 11.0. The second kappa shape index (κ2) is 5.29. The molecule has 3 N–H and O–H groups in total. The molecule has 1 aromatic carbocycles. The van der Waals surface area contributed by atoms with Crippen LogP contribution < -0.4 is 5.73 Å². The van der Waals surface area contributed by atoms with E-state index in [1.165, 1.54) is 23.5 Å². The predicted molar refractivity (Wildman–Crippen MR) is 81.0 cm³/mol. The van der Waals surface area contributed by atoms with E-state index in [0.717, 1.165) is 22.9 Å². The van der Waals surface area contributed by atoms with Crippen LogP contribution in [0.5, 0.6) is 0 Å². The standard InChI is InChI=1S/C15H13F2N3S/c1-2-8-5-6-21-14(8)13-12(15(18)20-19-13)10-4-3-9(16)7-11(10)17/h3-7H,2H2,1H3,(H3,18,19,20). The van der Waals surface area contributed by atoms with Gasteiger partial charge in [-0.15, -0.1) is 11.3 Å². The lowest BCUT2D eigenvalue weighted by Gasteiger charge is -2.06. The third kappa shape index (κ3) is 2.31. The Morgan fingerprint density at radius 2 is 2.10 bits per heavy atom. The lowest BCUT2D eigenvalue weighted by Crippen LogP contribution is -1.92. The van der Waals surface area contributed by atoms with Crippen molar-refractivity contribution in [3.05, 3.63) is 46.8 Å². The van der Waals surface area contributed by atoms with E-state index in [1.54, 1.807) is 0 Å². The van der Waals surface area contributed by atoms with Crippen LogP contribution in [0.3, 0.4) is 0 Å². The Labute approximate surface area is 124 Å². The monoisotopic (exact) mass is 305 g/mol. The van der Waals surface area contributed by atoms with Crippen LogP contribution in [0.15, 0.2) is 29.6 Å². The van der Waals surface area contributed by atoms with E-state index in [9.17, 15) is 8.78 Å². The number of aromatic nitrogens is 2. The summed E-state index contributed by atoms with van der Waals surface area (Å²) in [7, 11) is 0. The first-order valence-corrected chi connectivity index (χ1v) is 7.35. The van der Waals surface area contributed by atoms with Crippen molar-refractivity contribution in [2.24, 2.45) is 0 Å². The van der Waals surface area contributed by atoms with Gasteiger partial charge in [0.05, 0.1) is 16.1 Å². The van der Waals surface area contributed by atoms with Crippen LogP contribution >= 0.6 is 11.3 Å². The Hall–Kier alpha value is -2.21. The first kappa shape index (κ1) is 13.8. The second-order valence-corrected chi connectivity index (χ2v) is 5.53. The van der Waals surface area contributed by atoms with Crippen molar-refractivity contribution in [2.45, 2.75) is 13.3 Å². The molecule has 2 heterocycles. The molecule has 3 nitrogen and oxygen atoms in total. The fourth-order valence-corrected chi connectivity index (χ4v) is 3.32. The molecule has 0 aliphatic rings. The average Bonchev–Trinajstić information content (AvgIpc) is 3.05. The van der Waals surface area contributed by atoms with Crippen molar-refractivity contribution in [3.63, 3.8) is 0 Å². The molecule has 0 radical (unpaired) electrons. The van der Waals surface area contributed by atoms with Gasteiger partial charge < -0.3 is 5.73 Å². The molecule has 0 saturated carbocycles. The van der Waals surface area contributed by atoms with Crippen molar-refractivity contribution in [2.75, 3.05) is 5.73 Å². The smallest absolute Gasteiger partial charge is 0.153 e. The summed E-state index contributed by atoms with van der Waals surface area (Å²) in [6.45, 7) is 2.05. The molecule has 0 aliphatic heterocycles. The Morgan fingerprint density at radius 3 is 2.81 bits per heavy atom. The summed E-state index contributed by atoms with van der Waals surface area (Å²) < 4.78 is 27.2. The molecular weight excluding hydrogens is 292 g/mol. The van der Waals surface area contributed by atoms with Crippen LogP contribution in [-0.2, 0) is 6.42 Å². The number of halogens is 2. The quantitative estimate of drug-likeness (QED) is 0.761. The molecule has 0 amide bonds. The summed E-state index contributed by atoms with van der Waals surface area (Å²) in [4.78, 5) is 0.973. The SMILES string of the molecule is CCc1ccsc1-c1[nH]nc(N)c1-c1ccc(F)cc1F. The van der Waals surface area contributed by atoms with Crippen molar-refractivity contribution >= 4 is 17.2 Å². The number of hydrogen-bond donors (Lipinski definition) is 2. The molecule has 108 valence electrons. The maximum absolute atomic E-state index is 14.1. The Balaban J connectivity index is 2.22. The van der Waals surface area contributed by atoms with E-state index < -0.39 is 11.6 Å². The van der Waals surface area contributed by atoms with Gasteiger partial charge >= 0.3 is 0 Å². The lowest BCUT2D eigenvalue weighted by atomic mass is 10.0. The van der Waals surface area contributed by atoms with Crippen LogP contribution in [0.4, 0.5) is 14.6 Å². The van der Waals surface area contributed by atoms with Gasteiger partial charge in [-0.05, 0) is 35.6 Å². The Bertz CT molecular complexity index is 792. The van der Waals surface area contributed by atoms with Gasteiger partial charge in [0.15, 0.2) is 5.82 Å². The van der Waals surface area contributed by atoms with E-state index in [0.29, 0.717) is 11.3 Å². The number of aromatic amines is 1. The average molecular weight is 305 g/mol. The van der Waals surface area contributed by atoms with Crippen molar-refractivity contribution in [1.29, 1.82) is 0 Å². The lowest BCUT2D eigenvalue weighted by molar-refractivity contribution is 0.585. The van der Waals surface area contributed by atoms with E-state index in [2.05, 4.69) is 10.2 Å². The van der Waals surface area contributed by atoms with E-state index in [4.69, 9.17) is 5.73 Å². The van der Waals surface area contributed by atoms with Crippen LogP contribution in [0.2, 0.25) is 0 Å². The summed E-state index contributed by atoms with van der Waals surface area (Å²) in [5.74, 6) is -1.07. The summed E-state index contributed by atoms with van der Waals surface area (Å²) in [5.41, 5.74) is 8.40. The van der Waals surface area contributed by atoms with Gasteiger partial charge in [-0.1, -0.05) is 6.92 Å². The number of nitrogen functional groups attached to an aromatic ring is 1. The van der Waals surface area contributed by atoms with Gasteiger partial charge in [0.1, 0.15) is 11.6 Å². The molecule has 3 aromatic rings. The maximum atomic E-state index is 14.1. The zero-order valence-corrected chi connectivity index (χ0v) is 12.1. The summed E-state index contributed by atoms with van der Waals surface area (Å²) in [6.07, 6.45) is 0.850. The molecule has 6 heteroatoms. The highest BCUT2D eigenvalue weighted by Crippen LogP contribution is 2.39. The third-order valence-corrected chi connectivity index (χ3v) is 4.32. The molecule has 0 spiro atoms. The Morgan fingerprint density at radius 1 is 1.29 bits per heavy atom. The van der Waals surface area contributed by atoms with E-state index >= 15 is 0 Å². The molecule has 0 saturated heterocycles. The van der Waals surface area contributed by atoms with Crippen molar-refractivity contribution < 1.29 is 8.78 Å². The Kier molecular flexibility index (Phi) is 3.47. The molecule has 0 unspecified atom stereocenters. The largest absolute Gasteiger partial charge is 0.382 e. The minimum Gasteiger partial charge on any atom is -0.382 e. The molecule has 21 heavy (non-hydrogen) atoms. The van der Waals surface area contributed by atoms with Crippen LogP contribution in [-0.4, -0.2) is 10.2 Å². The minimum atomic E-state index is -0.654. The second-order valence-electron chi connectivity index (χ2n) is 4.61. The van der Waals surface area contributed by atoms with Crippen LogP contribution in [0.25, 0.3) is 21.7 Å². The fraction of sp³-hybridized carbons (Fsp3) is 0.133. The maximum Gasteiger partial charge on any atom is 0.153 e. The number of aryl methyl sites for hydroxylation is 1. The molecule has 3 rings (SSSR count). The predicted octanol–water partition coefficient (Wildman–Crippen LogP) is 4.23. The molecule has 0 atom stereocenters. The highest BCUT2D eigenvalue weighted by Gasteiger charge is 2.20. The number of nitrogens with zero attached hydrogens (tertiary/aromatic N) is 1. The summed E-state index contributed by atoms with van der Waals surface area (Å²) in [5, 5.41) is 8.82. The van der Waals surface area contributed by atoms with Crippen LogP contribution in [0, 0.1) is 11.6 Å². The van der Waals surface area contributed by atoms with Gasteiger partial charge in [0.25, 0.3) is 0 Å². The van der Waals surface area contributed by atoms with Gasteiger partial charge in [-0.25, -0.2) is 8.78 Å². The molecule has 2 aromatic heterocycles. The number of hydrogen-bond acceptors (Lipinski definition) is 3. The topological polar surface area (TPSA) is 54.7 Å². The number of rotatable bonds is 3. The number of nitrogens with two attached hydrogens (primary N) is 1. The number of nitrogens with one attached hydrogen (secondary N) is 1. The molecule has 0 bridgehead atoms. The van der Waals surface area contributed by atoms with Gasteiger partial charge in [-0.3, -0.25) is 5.10 Å². The molecule has 0 fully saturated rings. The number of anilines is 1. The molecular formula is C15H13F2N3S. The highest BCUT2D eigenvalue weighted by atomic mass is 32.1. The van der Waals surface area contributed by atoms with Gasteiger partial charge in [0, 0.05) is 11.6 Å². The number of H-pyrrole nitrogens is 1. The highest BCUT2D eigenvalue weighted by molar-refractivity contribution is 7.13. The van der Waals surface area contributed by atoms with Crippen molar-refractivity contribution in [3.8, 4) is 21.7 Å². The van der Waals surface area contributed by atoms with Crippen molar-refractivity contribution in [1.82, 2.24) is 10.2 Å². The number of thiophene rings is 1. The zero-order valence-electron chi connectivity index (χ0n) is 11.3.